The van der Waals surface area contributed by atoms with Gasteiger partial charge in [0.2, 0.25) is 5.95 Å². The van der Waals surface area contributed by atoms with Gasteiger partial charge in [-0.15, -0.1) is 5.10 Å². The van der Waals surface area contributed by atoms with Gasteiger partial charge < -0.3 is 0 Å². The average Bonchev–Trinajstić information content (AvgIpc) is 2.20. The van der Waals surface area contributed by atoms with Crippen LogP contribution in [0.25, 0.3) is 0 Å². The number of hydrogen-bond donors (Lipinski definition) is 1. The quantitative estimate of drug-likeness (QED) is 0.570. The zero-order valence-electron chi connectivity index (χ0n) is 5.90. The molecule has 0 bridgehead atoms. The lowest BCUT2D eigenvalue weighted by molar-refractivity contribution is 0.579. The number of aromatic nitrogens is 2. The fraction of sp³-hybridized carbons (Fsp3) is 0.500. The Morgan fingerprint density at radius 2 is 2.11 bits per heavy atom. The molecule has 1 rings (SSSR count). The molecule has 0 aliphatic carbocycles. The van der Waals surface area contributed by atoms with Crippen LogP contribution in [0.1, 0.15) is 19.5 Å². The summed E-state index contributed by atoms with van der Waals surface area (Å²) in [5.74, 6) is -0.447. The van der Waals surface area contributed by atoms with Crippen molar-refractivity contribution in [1.29, 1.82) is 0 Å². The highest BCUT2D eigenvalue weighted by Crippen LogP contribution is 1.91. The van der Waals surface area contributed by atoms with Crippen LogP contribution in [-0.2, 0) is 0 Å². The number of halogens is 1. The number of nitrogens with one attached hydrogen (secondary N) is 1. The first-order valence-electron chi connectivity index (χ1n) is 2.96. The molecule has 1 N–H and O–H groups in total. The summed E-state index contributed by atoms with van der Waals surface area (Å²) in [6.07, 6.45) is 0. The minimum Gasteiger partial charge on any atom is -0.280 e. The summed E-state index contributed by atoms with van der Waals surface area (Å²) in [4.78, 5) is 0. The fourth-order valence-electron chi connectivity index (χ4n) is 0.385. The van der Waals surface area contributed by atoms with E-state index in [1.165, 1.54) is 6.07 Å². The van der Waals surface area contributed by atoms with Crippen LogP contribution in [0.15, 0.2) is 6.07 Å². The lowest BCUT2D eigenvalue weighted by Crippen LogP contribution is -1.68. The SMILES string of the molecule is CC.Cc1cc(F)n[nH]1. The van der Waals surface area contributed by atoms with Gasteiger partial charge in [0.05, 0.1) is 0 Å². The topological polar surface area (TPSA) is 28.7 Å². The lowest BCUT2D eigenvalue weighted by Gasteiger charge is -1.67. The van der Waals surface area contributed by atoms with E-state index >= 15 is 0 Å². The molecule has 0 saturated heterocycles. The summed E-state index contributed by atoms with van der Waals surface area (Å²) >= 11 is 0. The molecule has 0 atom stereocenters. The molecule has 52 valence electrons. The Morgan fingerprint density at radius 3 is 2.22 bits per heavy atom. The number of aryl methyl sites for hydroxylation is 1. The van der Waals surface area contributed by atoms with Gasteiger partial charge in [-0.05, 0) is 6.92 Å². The van der Waals surface area contributed by atoms with Gasteiger partial charge in [-0.25, -0.2) is 0 Å². The van der Waals surface area contributed by atoms with Crippen molar-refractivity contribution in [3.05, 3.63) is 17.7 Å². The predicted octanol–water partition coefficient (Wildman–Crippen LogP) is 1.88. The predicted molar refractivity (Wildman–Crippen MR) is 34.6 cm³/mol. The normalized spacial score (nSPS) is 8.00. The van der Waals surface area contributed by atoms with Gasteiger partial charge >= 0.3 is 0 Å². The molecule has 0 unspecified atom stereocenters. The second-order valence-corrected chi connectivity index (χ2v) is 1.37. The van der Waals surface area contributed by atoms with Crippen LogP contribution in [0.4, 0.5) is 4.39 Å². The number of rotatable bonds is 0. The molecule has 0 fully saturated rings. The van der Waals surface area contributed by atoms with Crippen molar-refractivity contribution in [2.24, 2.45) is 0 Å². The van der Waals surface area contributed by atoms with Gasteiger partial charge in [-0.3, -0.25) is 5.10 Å². The van der Waals surface area contributed by atoms with Gasteiger partial charge in [-0.2, -0.15) is 4.39 Å². The second-order valence-electron chi connectivity index (χ2n) is 1.37. The van der Waals surface area contributed by atoms with Crippen molar-refractivity contribution in [1.82, 2.24) is 10.2 Å². The Balaban J connectivity index is 0.000000291. The lowest BCUT2D eigenvalue weighted by atomic mass is 10.5. The third-order valence-electron chi connectivity index (χ3n) is 0.675. The van der Waals surface area contributed by atoms with Gasteiger partial charge in [0.25, 0.3) is 0 Å². The molecular weight excluding hydrogens is 119 g/mol. The molecule has 2 nitrogen and oxygen atoms in total. The Labute approximate surface area is 54.1 Å². The van der Waals surface area contributed by atoms with Crippen LogP contribution in [0.3, 0.4) is 0 Å². The van der Waals surface area contributed by atoms with Crippen LogP contribution in [0.2, 0.25) is 0 Å². The highest BCUT2D eigenvalue weighted by molar-refractivity contribution is 4.94. The maximum absolute atomic E-state index is 11.8. The second kappa shape index (κ2) is 4.06. The van der Waals surface area contributed by atoms with E-state index in [9.17, 15) is 4.39 Å². The Bertz CT molecular complexity index is 143. The molecular formula is C6H11FN2. The van der Waals surface area contributed by atoms with Crippen molar-refractivity contribution in [2.45, 2.75) is 20.8 Å². The number of nitrogens with zero attached hydrogens (tertiary/aromatic N) is 1. The van der Waals surface area contributed by atoms with E-state index in [-0.39, 0.29) is 0 Å². The standard InChI is InChI=1S/C4H5FN2.C2H6/c1-3-2-4(5)7-6-3;1-2/h2H,1H3,(H,6,7);1-2H3. The third kappa shape index (κ3) is 2.85. The maximum Gasteiger partial charge on any atom is 0.232 e. The summed E-state index contributed by atoms with van der Waals surface area (Å²) in [7, 11) is 0. The smallest absolute Gasteiger partial charge is 0.232 e. The molecule has 1 heterocycles. The van der Waals surface area contributed by atoms with Gasteiger partial charge in [0, 0.05) is 11.8 Å². The molecule has 0 radical (unpaired) electrons. The average molecular weight is 130 g/mol. The molecule has 0 aliphatic heterocycles. The highest BCUT2D eigenvalue weighted by atomic mass is 19.1. The first kappa shape index (κ1) is 8.14. The molecule has 3 heteroatoms. The molecule has 0 saturated carbocycles. The van der Waals surface area contributed by atoms with Crippen LogP contribution in [0.5, 0.6) is 0 Å². The number of hydrogen-bond acceptors (Lipinski definition) is 1. The summed E-state index contributed by atoms with van der Waals surface area (Å²) in [6.45, 7) is 5.75. The van der Waals surface area contributed by atoms with Crippen LogP contribution >= 0.6 is 0 Å². The fourth-order valence-corrected chi connectivity index (χ4v) is 0.385. The zero-order chi connectivity index (χ0) is 7.28. The Kier molecular flexibility index (Phi) is 3.67. The van der Waals surface area contributed by atoms with E-state index in [1.807, 2.05) is 13.8 Å². The van der Waals surface area contributed by atoms with Crippen molar-refractivity contribution < 1.29 is 4.39 Å². The van der Waals surface area contributed by atoms with E-state index in [1.54, 1.807) is 6.92 Å². The summed E-state index contributed by atoms with van der Waals surface area (Å²) in [5, 5.41) is 5.67. The van der Waals surface area contributed by atoms with E-state index in [2.05, 4.69) is 10.2 Å². The monoisotopic (exact) mass is 130 g/mol. The van der Waals surface area contributed by atoms with E-state index in [0.29, 0.717) is 0 Å². The van der Waals surface area contributed by atoms with Crippen molar-refractivity contribution >= 4 is 0 Å². The number of H-pyrrole nitrogens is 1. The third-order valence-corrected chi connectivity index (χ3v) is 0.675. The summed E-state index contributed by atoms with van der Waals surface area (Å²) in [5.41, 5.74) is 0.748. The van der Waals surface area contributed by atoms with Crippen LogP contribution < -0.4 is 0 Å². The zero-order valence-corrected chi connectivity index (χ0v) is 5.90. The van der Waals surface area contributed by atoms with Gasteiger partial charge in [0.15, 0.2) is 0 Å². The maximum atomic E-state index is 11.8. The molecule has 1 aromatic heterocycles. The molecule has 1 aromatic rings. The minimum atomic E-state index is -0.447. The first-order valence-corrected chi connectivity index (χ1v) is 2.96. The highest BCUT2D eigenvalue weighted by Gasteiger charge is 1.89. The van der Waals surface area contributed by atoms with Crippen molar-refractivity contribution in [3.63, 3.8) is 0 Å². The van der Waals surface area contributed by atoms with Crippen LogP contribution in [-0.4, -0.2) is 10.2 Å². The van der Waals surface area contributed by atoms with Crippen molar-refractivity contribution in [3.8, 4) is 0 Å². The number of aromatic amines is 1. The summed E-state index contributed by atoms with van der Waals surface area (Å²) < 4.78 is 11.8. The van der Waals surface area contributed by atoms with E-state index < -0.39 is 5.95 Å². The molecule has 0 spiro atoms. The largest absolute Gasteiger partial charge is 0.280 e. The van der Waals surface area contributed by atoms with E-state index in [4.69, 9.17) is 0 Å². The Morgan fingerprint density at radius 1 is 1.56 bits per heavy atom. The van der Waals surface area contributed by atoms with Gasteiger partial charge in [0.1, 0.15) is 0 Å². The van der Waals surface area contributed by atoms with Gasteiger partial charge in [-0.1, -0.05) is 13.8 Å². The summed E-state index contributed by atoms with van der Waals surface area (Å²) in [6, 6.07) is 1.33. The first-order chi connectivity index (χ1) is 4.29. The molecule has 0 aromatic carbocycles. The van der Waals surface area contributed by atoms with Crippen molar-refractivity contribution in [2.75, 3.05) is 0 Å². The molecule has 9 heavy (non-hydrogen) atoms. The van der Waals surface area contributed by atoms with E-state index in [0.717, 1.165) is 5.69 Å². The molecule has 0 aliphatic rings. The minimum absolute atomic E-state index is 0.447. The van der Waals surface area contributed by atoms with Crippen LogP contribution in [0, 0.1) is 12.9 Å². The Hall–Kier alpha value is -0.860. The molecule has 0 amide bonds.